The molecule has 2 aromatic heterocycles. The van der Waals surface area contributed by atoms with Crippen molar-refractivity contribution >= 4 is 22.8 Å². The number of hydrogen-bond donors (Lipinski definition) is 2. The van der Waals surface area contributed by atoms with Gasteiger partial charge >= 0.3 is 0 Å². The predicted octanol–water partition coefficient (Wildman–Crippen LogP) is 4.30. The second kappa shape index (κ2) is 74.3. The van der Waals surface area contributed by atoms with E-state index in [1.54, 1.807) is 0 Å². The molecular formula is C71H127N9O26. The van der Waals surface area contributed by atoms with Crippen LogP contribution in [0.4, 0.5) is 5.82 Å². The fraction of sp³-hybridized carbons (Fsp3) is 0.831. The number of anilines is 1. The minimum Gasteiger partial charge on any atom is -0.472 e. The van der Waals surface area contributed by atoms with Crippen LogP contribution in [0.15, 0.2) is 29.4 Å². The average Bonchev–Trinajstić information content (AvgIpc) is 1.62. The number of rotatable bonds is 84. The van der Waals surface area contributed by atoms with Crippen molar-refractivity contribution in [2.75, 3.05) is 329 Å². The van der Waals surface area contributed by atoms with Crippen molar-refractivity contribution in [3.8, 4) is 5.88 Å². The number of nitrogens with two attached hydrogens (primary N) is 1. The third-order valence-electron chi connectivity index (χ3n) is 14.1. The highest BCUT2D eigenvalue weighted by Crippen LogP contribution is 2.30. The number of benzene rings is 1. The number of azide groups is 1. The Morgan fingerprint density at radius 3 is 0.972 bits per heavy atom. The molecule has 3 aromatic rings. The average molecular weight is 1520 g/mol. The molecule has 0 saturated carbocycles. The van der Waals surface area contributed by atoms with Crippen LogP contribution in [0, 0.1) is 0 Å². The summed E-state index contributed by atoms with van der Waals surface area (Å²) in [6, 6.07) is 8.14. The summed E-state index contributed by atoms with van der Waals surface area (Å²) in [7, 11) is 0. The summed E-state index contributed by atoms with van der Waals surface area (Å²) in [6.45, 7) is 29.5. The molecule has 35 heteroatoms. The fourth-order valence-electron chi connectivity index (χ4n) is 8.80. The summed E-state index contributed by atoms with van der Waals surface area (Å²) >= 11 is 0. The lowest BCUT2D eigenvalue weighted by Crippen LogP contribution is -2.24. The number of hydrogen-bond acceptors (Lipinski definition) is 31. The van der Waals surface area contributed by atoms with Crippen LogP contribution in [0.1, 0.15) is 57.0 Å². The third kappa shape index (κ3) is 58.2. The van der Waals surface area contributed by atoms with E-state index in [0.717, 1.165) is 41.7 Å². The molecule has 2 heterocycles. The Balaban J connectivity index is 0.890. The summed E-state index contributed by atoms with van der Waals surface area (Å²) in [6.07, 6.45) is 2.99. The molecule has 0 aliphatic carbocycles. The Morgan fingerprint density at radius 2 is 0.698 bits per heavy atom. The molecule has 0 radical (unpaired) electrons. The van der Waals surface area contributed by atoms with E-state index in [2.05, 4.69) is 49.2 Å². The van der Waals surface area contributed by atoms with Crippen molar-refractivity contribution in [2.45, 2.75) is 65.6 Å². The molecule has 0 atom stereocenters. The molecule has 0 aliphatic heterocycles. The van der Waals surface area contributed by atoms with Gasteiger partial charge in [0.25, 0.3) is 5.88 Å². The molecule has 612 valence electrons. The first kappa shape index (κ1) is 95.4. The van der Waals surface area contributed by atoms with Crippen molar-refractivity contribution in [2.24, 2.45) is 5.11 Å². The van der Waals surface area contributed by atoms with Crippen LogP contribution in [0.2, 0.25) is 0 Å². The largest absolute Gasteiger partial charge is 0.472 e. The highest BCUT2D eigenvalue weighted by molar-refractivity contribution is 5.88. The van der Waals surface area contributed by atoms with Gasteiger partial charge in [0.05, 0.1) is 323 Å². The molecule has 0 spiro atoms. The molecule has 0 bridgehead atoms. The molecule has 35 nitrogen and oxygen atoms in total. The number of nitrogens with one attached hydrogen (secondary N) is 1. The van der Waals surface area contributed by atoms with Gasteiger partial charge in [-0.1, -0.05) is 42.7 Å². The van der Waals surface area contributed by atoms with Crippen molar-refractivity contribution in [1.29, 1.82) is 0 Å². The summed E-state index contributed by atoms with van der Waals surface area (Å²) < 4.78 is 140. The van der Waals surface area contributed by atoms with Crippen molar-refractivity contribution < 1.29 is 123 Å². The number of nitrogens with zero attached hydrogens (tertiary/aromatic N) is 7. The first-order valence-electron chi connectivity index (χ1n) is 37.3. The monoisotopic (exact) mass is 1520 g/mol. The molecule has 0 unspecified atom stereocenters. The maximum atomic E-state index is 12.5. The van der Waals surface area contributed by atoms with E-state index in [9.17, 15) is 4.79 Å². The van der Waals surface area contributed by atoms with Gasteiger partial charge in [0, 0.05) is 37.4 Å². The zero-order valence-corrected chi connectivity index (χ0v) is 63.6. The van der Waals surface area contributed by atoms with Gasteiger partial charge in [-0.3, -0.25) is 4.79 Å². The molecule has 0 saturated heterocycles. The number of unbranched alkanes of at least 4 members (excludes halogenated alkanes) is 1. The van der Waals surface area contributed by atoms with E-state index < -0.39 is 0 Å². The van der Waals surface area contributed by atoms with Crippen LogP contribution < -0.4 is 15.8 Å². The number of carbonyl (C=O) groups is 1. The van der Waals surface area contributed by atoms with Crippen molar-refractivity contribution in [3.05, 3.63) is 51.7 Å². The molecule has 106 heavy (non-hydrogen) atoms. The van der Waals surface area contributed by atoms with E-state index in [1.165, 1.54) is 0 Å². The van der Waals surface area contributed by atoms with E-state index in [1.807, 2.05) is 26.0 Å². The molecule has 0 fully saturated rings. The topological polar surface area (TPSA) is 378 Å². The van der Waals surface area contributed by atoms with Crippen LogP contribution in [0.3, 0.4) is 0 Å². The highest BCUT2D eigenvalue weighted by Gasteiger charge is 2.21. The Morgan fingerprint density at radius 1 is 0.425 bits per heavy atom. The van der Waals surface area contributed by atoms with E-state index in [-0.39, 0.29) is 24.2 Å². The number of amides is 1. The number of aryl methyl sites for hydroxylation is 1. The van der Waals surface area contributed by atoms with Gasteiger partial charge in [-0.25, -0.2) is 4.98 Å². The van der Waals surface area contributed by atoms with Gasteiger partial charge in [0.15, 0.2) is 5.82 Å². The van der Waals surface area contributed by atoms with Gasteiger partial charge in [-0.05, 0) is 36.9 Å². The lowest BCUT2D eigenvalue weighted by atomic mass is 10.1. The van der Waals surface area contributed by atoms with E-state index in [4.69, 9.17) is 135 Å². The van der Waals surface area contributed by atoms with Crippen LogP contribution in [0.25, 0.3) is 21.5 Å². The maximum Gasteiger partial charge on any atom is 0.260 e. The van der Waals surface area contributed by atoms with E-state index >= 15 is 0 Å². The normalized spacial score (nSPS) is 11.7. The van der Waals surface area contributed by atoms with Crippen LogP contribution in [-0.2, 0) is 138 Å². The highest BCUT2D eigenvalue weighted by atomic mass is 16.6. The number of imidazole rings is 1. The Hall–Kier alpha value is -4.81. The first-order chi connectivity index (χ1) is 52.4. The number of nitrogen functional groups attached to an aromatic ring is 1. The smallest absolute Gasteiger partial charge is 0.260 e. The molecule has 0 aliphatic rings. The molecule has 3 N–H and O–H groups in total. The fourth-order valence-corrected chi connectivity index (χ4v) is 8.80. The Labute approximate surface area is 626 Å². The van der Waals surface area contributed by atoms with Gasteiger partial charge in [-0.15, -0.1) is 10.2 Å². The van der Waals surface area contributed by atoms with Gasteiger partial charge in [0.1, 0.15) is 16.9 Å². The van der Waals surface area contributed by atoms with Crippen molar-refractivity contribution in [3.63, 3.8) is 0 Å². The van der Waals surface area contributed by atoms with Crippen LogP contribution in [0.5, 0.6) is 5.88 Å². The van der Waals surface area contributed by atoms with Gasteiger partial charge in [-0.2, -0.15) is 0 Å². The summed E-state index contributed by atoms with van der Waals surface area (Å²) in [5.41, 5.74) is 17.8. The molecule has 3 rings (SSSR count). The Bertz CT molecular complexity index is 2470. The zero-order valence-electron chi connectivity index (χ0n) is 63.6. The van der Waals surface area contributed by atoms with E-state index in [0.29, 0.717) is 348 Å². The second-order valence-corrected chi connectivity index (χ2v) is 23.0. The zero-order chi connectivity index (χ0) is 75.4. The summed E-state index contributed by atoms with van der Waals surface area (Å²) in [5, 5.41) is 14.7. The second-order valence-electron chi connectivity index (χ2n) is 23.0. The number of carbonyl (C=O) groups excluding carboxylic acids is 1. The quantitative estimate of drug-likeness (QED) is 0.0344. The minimum atomic E-state index is -0.0879. The lowest BCUT2D eigenvalue weighted by Gasteiger charge is -2.14. The number of ether oxygens (including phenoxy) is 25. The standard InChI is InChI=1S/C71H127N9O26/c1-4-5-6-66-76-68-69(71(106-63(2)3)78-77-70(68)72)80(66)62-65-9-7-64(8-10-65)61-74-67(81)11-13-82-15-17-84-19-21-86-23-25-88-27-29-90-31-33-92-35-37-94-39-41-96-43-45-98-47-49-100-51-53-102-55-57-104-59-60-105-58-56-103-54-52-101-50-48-99-46-44-97-42-40-95-38-36-93-34-32-91-30-28-89-26-24-87-22-20-85-18-16-83-14-12-75-79-73/h7-10,63H,4-6,11-62H2,1-3H3,(H2,72,77)(H,74,81). The molecule has 1 amide bonds. The summed E-state index contributed by atoms with van der Waals surface area (Å²) in [5.74, 6) is 1.53. The first-order valence-corrected chi connectivity index (χ1v) is 37.3. The lowest BCUT2D eigenvalue weighted by molar-refractivity contribution is -0.122. The Kier molecular flexibility index (Phi) is 66.9. The predicted molar refractivity (Wildman–Crippen MR) is 390 cm³/mol. The number of aromatic nitrogens is 4. The maximum absolute atomic E-state index is 12.5. The van der Waals surface area contributed by atoms with Crippen molar-refractivity contribution in [1.82, 2.24) is 25.1 Å². The van der Waals surface area contributed by atoms with Crippen LogP contribution >= 0.6 is 0 Å². The molecular weight excluding hydrogens is 1390 g/mol. The third-order valence-corrected chi connectivity index (χ3v) is 14.1. The minimum absolute atomic E-state index is 0.0863. The summed E-state index contributed by atoms with van der Waals surface area (Å²) in [4.78, 5) is 20.0. The SMILES string of the molecule is CCCCc1nc2c(N)nnc(OC(C)C)c2n1Cc1ccc(CNC(=O)CCOCCOCCOCCOCCOCCOCCOCCOCCOCCOCCOCCOCCOCCOCCOCCOCCOCCOCCOCCOCCOCCOCCOCCOCCN=[N+]=[N-])cc1. The number of fused-ring (bicyclic) bond motifs is 1. The van der Waals surface area contributed by atoms with Gasteiger partial charge < -0.3 is 134 Å². The van der Waals surface area contributed by atoms with Gasteiger partial charge in [0.2, 0.25) is 5.91 Å². The van der Waals surface area contributed by atoms with Crippen LogP contribution in [-0.4, -0.2) is 355 Å². The molecule has 1 aromatic carbocycles.